The molecule has 10 heteroatoms. The smallest absolute Gasteiger partial charge is 0.165 e. The maximum atomic E-state index is 10.6. The van der Waals surface area contributed by atoms with Crippen molar-refractivity contribution in [2.45, 2.75) is 119 Å². The van der Waals surface area contributed by atoms with Gasteiger partial charge in [-0.2, -0.15) is 0 Å². The van der Waals surface area contributed by atoms with E-state index in [-0.39, 0.29) is 47.7 Å². The average Bonchev–Trinajstić information content (AvgIpc) is 4.02. The molecule has 12 aliphatic rings. The molecule has 6 aliphatic heterocycles. The molecular weight excluding hydrogens is 911 g/mol. The molecule has 3 aromatic rings. The number of hydrogen-bond acceptors (Lipinski definition) is 7. The molecule has 6 heterocycles. The quantitative estimate of drug-likeness (QED) is 0.145. The summed E-state index contributed by atoms with van der Waals surface area (Å²) in [4.78, 5) is 0. The molecule has 3 saturated heterocycles. The lowest BCUT2D eigenvalue weighted by Gasteiger charge is -2.60. The number of piperidine rings is 3. The number of nitrogens with zero attached hydrogens (tertiary/aromatic N) is 3. The van der Waals surface area contributed by atoms with Crippen LogP contribution in [0.25, 0.3) is 0 Å². The van der Waals surface area contributed by atoms with Crippen molar-refractivity contribution in [3.63, 3.8) is 0 Å². The van der Waals surface area contributed by atoms with Crippen molar-refractivity contribution in [3.8, 4) is 34.5 Å². The fourth-order valence-electron chi connectivity index (χ4n) is 18.6. The van der Waals surface area contributed by atoms with Gasteiger partial charge in [0, 0.05) is 95.9 Å². The number of rotatable bonds is 6. The van der Waals surface area contributed by atoms with Gasteiger partial charge >= 0.3 is 0 Å². The molecule has 73 heavy (non-hydrogen) atoms. The fourth-order valence-corrected chi connectivity index (χ4v) is 18.6. The Morgan fingerprint density at radius 2 is 0.945 bits per heavy atom. The molecule has 0 radical (unpaired) electrons. The van der Waals surface area contributed by atoms with Gasteiger partial charge in [-0.3, -0.25) is 0 Å². The Morgan fingerprint density at radius 1 is 0.534 bits per heavy atom. The summed E-state index contributed by atoms with van der Waals surface area (Å²) in [5.74, 6) is 5.92. The van der Waals surface area contributed by atoms with Crippen LogP contribution in [0.4, 0.5) is 0 Å². The van der Waals surface area contributed by atoms with Crippen molar-refractivity contribution in [2.75, 3.05) is 60.4 Å². The molecule has 0 aromatic heterocycles. The first-order chi connectivity index (χ1) is 34.5. The minimum atomic E-state index is -0.615. The van der Waals surface area contributed by atoms with Crippen molar-refractivity contribution < 1.29 is 48.1 Å². The van der Waals surface area contributed by atoms with Crippen LogP contribution >= 0.6 is 0 Å². The molecule has 3 spiro atoms. The molecule has 4 N–H and O–H groups in total. The summed E-state index contributed by atoms with van der Waals surface area (Å²) in [5, 5.41) is 42.2. The molecule has 0 saturated carbocycles. The molecule has 10 nitrogen and oxygen atoms in total. The van der Waals surface area contributed by atoms with Gasteiger partial charge in [0.1, 0.15) is 65.5 Å². The molecule has 3 fully saturated rings. The molecule has 18 atom stereocenters. The fraction of sp³-hybridized carbons (Fsp3) is 0.524. The van der Waals surface area contributed by atoms with Crippen molar-refractivity contribution in [1.82, 2.24) is 0 Å². The van der Waals surface area contributed by atoms with Crippen molar-refractivity contribution in [3.05, 3.63) is 144 Å². The maximum absolute atomic E-state index is 10.6. The molecule has 0 amide bonds. The second-order valence-electron chi connectivity index (χ2n) is 25.1. The number of hydrogen-bond donors (Lipinski definition) is 4. The number of likely N-dealkylation sites (N-methyl/N-ethyl adjacent to an activating group) is 3. The zero-order valence-electron chi connectivity index (χ0n) is 43.1. The second kappa shape index (κ2) is 16.4. The number of quaternary nitrogens is 3. The zero-order chi connectivity index (χ0) is 50.1. The van der Waals surface area contributed by atoms with Crippen LogP contribution in [-0.2, 0) is 35.5 Å². The van der Waals surface area contributed by atoms with Crippen molar-refractivity contribution in [2.24, 2.45) is 29.6 Å². The summed E-state index contributed by atoms with van der Waals surface area (Å²) >= 11 is 0. The summed E-state index contributed by atoms with van der Waals surface area (Å²) in [6, 6.07) is 12.8. The number of aliphatic hydroxyl groups is 1. The predicted molar refractivity (Wildman–Crippen MR) is 286 cm³/mol. The van der Waals surface area contributed by atoms with Crippen LogP contribution in [-0.4, -0.2) is 137 Å². The maximum Gasteiger partial charge on any atom is 0.165 e. The van der Waals surface area contributed by atoms with Gasteiger partial charge in [-0.15, -0.1) is 0 Å². The summed E-state index contributed by atoms with van der Waals surface area (Å²) in [7, 11) is 7.05. The van der Waals surface area contributed by atoms with Crippen LogP contribution < -0.4 is 14.2 Å². The molecule has 6 bridgehead atoms. The van der Waals surface area contributed by atoms with Crippen LogP contribution in [0.5, 0.6) is 34.5 Å². The number of benzene rings is 3. The van der Waals surface area contributed by atoms with Crippen molar-refractivity contribution >= 4 is 0 Å². The first kappa shape index (κ1) is 48.7. The number of aromatic hydroxyl groups is 3. The first-order valence-corrected chi connectivity index (χ1v) is 27.2. The Labute approximate surface area is 433 Å². The van der Waals surface area contributed by atoms with Gasteiger partial charge in [0.05, 0.1) is 76.7 Å². The lowest BCUT2D eigenvalue weighted by molar-refractivity contribution is -0.938. The lowest BCUT2D eigenvalue weighted by atomic mass is 9.51. The van der Waals surface area contributed by atoms with Crippen molar-refractivity contribution in [1.29, 1.82) is 0 Å². The highest BCUT2D eigenvalue weighted by molar-refractivity contribution is 5.63. The molecule has 3 aromatic carbocycles. The summed E-state index contributed by atoms with van der Waals surface area (Å²) in [6.45, 7) is 22.8. The van der Waals surface area contributed by atoms with Gasteiger partial charge in [0.2, 0.25) is 0 Å². The largest absolute Gasteiger partial charge is 0.508 e. The number of likely N-dealkylation sites (tertiary alicyclic amines) is 3. The zero-order valence-corrected chi connectivity index (χ0v) is 43.1. The first-order valence-electron chi connectivity index (χ1n) is 27.2. The Bertz CT molecular complexity index is 2780. The van der Waals surface area contributed by atoms with Gasteiger partial charge in [-0.05, 0) is 54.1 Å². The number of phenolic OH excluding ortho intramolecular Hbond substituents is 3. The van der Waals surface area contributed by atoms with Crippen LogP contribution in [0.3, 0.4) is 0 Å². The standard InChI is InChI=1S/2C21H25NO2.C20H23NO3.CH4/c2*1-4-10-22(3)11-9-21-15-6-5-13(2)20(21)24-18-8-7-17(23)14(19(18)21)12-16(15)22;1-3-9-21(2)10-8-20-13-5-7-16(23)19(20)24-18-15(22)6-4-12(17(18)20)11-14(13)21;/h2*4-8,13,15-16,20H,1,9-12H2,2-3H3;3-7,13-14,16,19,23H,1,8-11H2,2H3;1H4/p+3/t13-,15?,16?,20?,21-,22+;13-,15?,16?,20?,21-,22-;13?,14?,16-,19?,20-,21+;/m001./s1. The normalized spacial score (nSPS) is 43.3. The third-order valence-corrected chi connectivity index (χ3v) is 21.9. The number of ether oxygens (including phenoxy) is 3. The molecule has 386 valence electrons. The van der Waals surface area contributed by atoms with Crippen LogP contribution in [0, 0.1) is 29.6 Å². The Hall–Kier alpha value is -5.26. The van der Waals surface area contributed by atoms with E-state index in [1.807, 2.05) is 36.4 Å². The Balaban J connectivity index is 0.000000111. The number of aliphatic hydroxyl groups excluding tert-OH is 1. The van der Waals surface area contributed by atoms with Crippen LogP contribution in [0.2, 0.25) is 0 Å². The minimum Gasteiger partial charge on any atom is -0.508 e. The van der Waals surface area contributed by atoms with E-state index in [1.165, 1.54) is 22.3 Å². The van der Waals surface area contributed by atoms with Crippen LogP contribution in [0.1, 0.15) is 73.9 Å². The van der Waals surface area contributed by atoms with E-state index in [4.69, 9.17) is 14.2 Å². The Morgan fingerprint density at radius 3 is 1.40 bits per heavy atom. The van der Waals surface area contributed by atoms with Gasteiger partial charge < -0.3 is 48.1 Å². The third kappa shape index (κ3) is 6.12. The van der Waals surface area contributed by atoms with E-state index in [2.05, 4.69) is 103 Å². The van der Waals surface area contributed by atoms with Gasteiger partial charge in [0.25, 0.3) is 0 Å². The lowest BCUT2D eigenvalue weighted by Crippen LogP contribution is -2.71. The summed E-state index contributed by atoms with van der Waals surface area (Å²) < 4.78 is 22.2. The van der Waals surface area contributed by atoms with E-state index in [1.54, 1.807) is 6.07 Å². The van der Waals surface area contributed by atoms with E-state index in [0.717, 1.165) is 114 Å². The van der Waals surface area contributed by atoms with Gasteiger partial charge in [-0.25, -0.2) is 0 Å². The Kier molecular flexibility index (Phi) is 10.9. The monoisotopic (exact) mass is 991 g/mol. The van der Waals surface area contributed by atoms with Gasteiger partial charge in [-0.1, -0.05) is 83.5 Å². The number of phenols is 3. The van der Waals surface area contributed by atoms with E-state index >= 15 is 0 Å². The molecular formula is C63H80N3O7+3. The highest BCUT2D eigenvalue weighted by Gasteiger charge is 2.70. The SMILES string of the molecule is C.C=CC[N@+]1(C)CC[C@@]23c4c5ccc(O)c4CC1C2C=C[C@H](C)C3O5.C=CC[N@@+]1(C)CC[C@@]23c4c5ccc(O)c4CC1C2C=C[C@H](C)C3O5.C=CC[N@@+]1(C)CC[C@@]23c4c5ccc(O)c4OC2[C@H](O)C=CC3C1C5. The highest BCUT2D eigenvalue weighted by Crippen LogP contribution is 2.67. The summed E-state index contributed by atoms with van der Waals surface area (Å²) in [6.07, 6.45) is 25.5. The topological polar surface area (TPSA) is 109 Å². The van der Waals surface area contributed by atoms with E-state index in [9.17, 15) is 20.4 Å². The molecule has 6 aliphatic carbocycles. The van der Waals surface area contributed by atoms with Crippen LogP contribution in [0.15, 0.2) is 111 Å². The van der Waals surface area contributed by atoms with E-state index in [0.29, 0.717) is 65.0 Å². The summed E-state index contributed by atoms with van der Waals surface area (Å²) in [5.41, 5.74) is 7.31. The second-order valence-corrected chi connectivity index (χ2v) is 25.1. The third-order valence-electron chi connectivity index (χ3n) is 21.9. The van der Waals surface area contributed by atoms with E-state index < -0.39 is 6.10 Å². The molecule has 9 unspecified atom stereocenters. The highest BCUT2D eigenvalue weighted by atomic mass is 16.5. The molecule has 15 rings (SSSR count). The minimum absolute atomic E-state index is 0. The average molecular weight is 991 g/mol. The predicted octanol–water partition coefficient (Wildman–Crippen LogP) is 8.88. The van der Waals surface area contributed by atoms with Gasteiger partial charge in [0.15, 0.2) is 11.5 Å².